The molecule has 0 aromatic heterocycles. The van der Waals surface area contributed by atoms with Crippen LogP contribution in [0.2, 0.25) is 0 Å². The highest BCUT2D eigenvalue weighted by atomic mass is 19.1. The maximum atomic E-state index is 13.7. The molecule has 0 fully saturated rings. The molecule has 0 saturated heterocycles. The van der Waals surface area contributed by atoms with E-state index in [0.717, 1.165) is 6.07 Å². The van der Waals surface area contributed by atoms with Crippen molar-refractivity contribution in [2.24, 2.45) is 0 Å². The molecule has 7 heteroatoms. The van der Waals surface area contributed by atoms with Gasteiger partial charge in [0.15, 0.2) is 6.10 Å². The minimum Gasteiger partial charge on any atom is -0.453 e. The van der Waals surface area contributed by atoms with E-state index in [-0.39, 0.29) is 5.69 Å². The number of hydrogen-bond donors (Lipinski definition) is 2. The number of carbonyl (C=O) groups excluding carboxylic acids is 2. The fraction of sp³-hybridized carbons (Fsp3) is 0.176. The largest absolute Gasteiger partial charge is 0.453 e. The first-order valence-electron chi connectivity index (χ1n) is 7.08. The van der Waals surface area contributed by atoms with E-state index in [1.54, 1.807) is 24.3 Å². The van der Waals surface area contributed by atoms with E-state index >= 15 is 0 Å². The normalized spacial score (nSPS) is 11.5. The second-order valence-electron chi connectivity index (χ2n) is 4.83. The van der Waals surface area contributed by atoms with Crippen molar-refractivity contribution in [2.45, 2.75) is 6.10 Å². The van der Waals surface area contributed by atoms with Gasteiger partial charge >= 0.3 is 6.09 Å². The monoisotopic (exact) mass is 332 g/mol. The summed E-state index contributed by atoms with van der Waals surface area (Å²) in [5.41, 5.74) is 0.895. The van der Waals surface area contributed by atoms with Crippen LogP contribution in [0.4, 0.5) is 20.6 Å². The minimum atomic E-state index is -0.812. The van der Waals surface area contributed by atoms with Crippen LogP contribution in [0.5, 0.6) is 0 Å². The van der Waals surface area contributed by atoms with E-state index < -0.39 is 23.9 Å². The number of carbonyl (C=O) groups is 2. The topological polar surface area (TPSA) is 76.7 Å². The molecule has 0 aliphatic rings. The summed E-state index contributed by atoms with van der Waals surface area (Å²) in [5.74, 6) is -1.07. The molecular formula is C17H17FN2O4. The van der Waals surface area contributed by atoms with E-state index in [1.165, 1.54) is 26.4 Å². The molecule has 0 spiro atoms. The van der Waals surface area contributed by atoms with Crippen LogP contribution in [0.25, 0.3) is 0 Å². The molecule has 6 nitrogen and oxygen atoms in total. The molecule has 1 unspecified atom stereocenters. The highest BCUT2D eigenvalue weighted by molar-refractivity contribution is 5.96. The molecule has 0 bridgehead atoms. The second kappa shape index (κ2) is 8.07. The Morgan fingerprint density at radius 1 is 1.04 bits per heavy atom. The standard InChI is InChI=1S/C17H17FN2O4/c1-23-15(11-6-4-3-5-7-11)16(21)19-12-8-9-13(18)14(10-12)20-17(22)24-2/h3-10,15H,1-2H3,(H,19,21)(H,20,22). The third kappa shape index (κ3) is 4.30. The number of methoxy groups -OCH3 is 2. The summed E-state index contributed by atoms with van der Waals surface area (Å²) in [6.07, 6.45) is -1.62. The third-order valence-corrected chi connectivity index (χ3v) is 3.23. The van der Waals surface area contributed by atoms with E-state index in [2.05, 4.69) is 15.4 Å². The van der Waals surface area contributed by atoms with Gasteiger partial charge in [-0.25, -0.2) is 9.18 Å². The summed E-state index contributed by atoms with van der Waals surface area (Å²) in [7, 11) is 2.59. The lowest BCUT2D eigenvalue weighted by Crippen LogP contribution is -2.22. The predicted molar refractivity (Wildman–Crippen MR) is 87.2 cm³/mol. The van der Waals surface area contributed by atoms with Crippen molar-refractivity contribution in [3.8, 4) is 0 Å². The number of halogens is 1. The van der Waals surface area contributed by atoms with Crippen molar-refractivity contribution in [3.05, 3.63) is 59.9 Å². The van der Waals surface area contributed by atoms with Crippen LogP contribution in [0.15, 0.2) is 48.5 Å². The van der Waals surface area contributed by atoms with Crippen molar-refractivity contribution in [1.29, 1.82) is 0 Å². The SMILES string of the molecule is COC(=O)Nc1cc(NC(=O)C(OC)c2ccccc2)ccc1F. The summed E-state index contributed by atoms with van der Waals surface area (Å²) >= 11 is 0. The lowest BCUT2D eigenvalue weighted by atomic mass is 10.1. The van der Waals surface area contributed by atoms with Gasteiger partial charge in [0.25, 0.3) is 5.91 Å². The van der Waals surface area contributed by atoms with E-state index in [9.17, 15) is 14.0 Å². The lowest BCUT2D eigenvalue weighted by molar-refractivity contribution is -0.126. The van der Waals surface area contributed by atoms with E-state index in [1.807, 2.05) is 6.07 Å². The zero-order valence-electron chi connectivity index (χ0n) is 13.2. The minimum absolute atomic E-state index is 0.103. The van der Waals surface area contributed by atoms with Crippen LogP contribution < -0.4 is 10.6 Å². The van der Waals surface area contributed by atoms with Gasteiger partial charge in [-0.1, -0.05) is 30.3 Å². The number of anilines is 2. The second-order valence-corrected chi connectivity index (χ2v) is 4.83. The van der Waals surface area contributed by atoms with Gasteiger partial charge in [-0.15, -0.1) is 0 Å². The first-order valence-corrected chi connectivity index (χ1v) is 7.08. The van der Waals surface area contributed by atoms with Gasteiger partial charge in [0.2, 0.25) is 0 Å². The summed E-state index contributed by atoms with van der Waals surface area (Å²) < 4.78 is 23.3. The molecule has 2 amide bonds. The molecule has 2 rings (SSSR count). The van der Waals surface area contributed by atoms with Crippen molar-refractivity contribution in [1.82, 2.24) is 0 Å². The number of ether oxygens (including phenoxy) is 2. The molecule has 2 aromatic carbocycles. The van der Waals surface area contributed by atoms with Crippen LogP contribution >= 0.6 is 0 Å². The molecule has 1 atom stereocenters. The molecule has 0 radical (unpaired) electrons. The summed E-state index contributed by atoms with van der Waals surface area (Å²) in [5, 5.41) is 4.86. The lowest BCUT2D eigenvalue weighted by Gasteiger charge is -2.16. The molecule has 0 saturated carbocycles. The Labute approximate surface area is 138 Å². The van der Waals surface area contributed by atoms with Crippen molar-refractivity contribution in [3.63, 3.8) is 0 Å². The maximum absolute atomic E-state index is 13.7. The number of nitrogens with one attached hydrogen (secondary N) is 2. The van der Waals surface area contributed by atoms with Crippen LogP contribution in [0.3, 0.4) is 0 Å². The van der Waals surface area contributed by atoms with Crippen molar-refractivity contribution in [2.75, 3.05) is 24.9 Å². The molecule has 24 heavy (non-hydrogen) atoms. The maximum Gasteiger partial charge on any atom is 0.411 e. The molecule has 0 aliphatic carbocycles. The summed E-state index contributed by atoms with van der Waals surface area (Å²) in [4.78, 5) is 23.6. The number of rotatable bonds is 5. The fourth-order valence-corrected chi connectivity index (χ4v) is 2.09. The molecule has 2 N–H and O–H groups in total. The summed E-state index contributed by atoms with van der Waals surface area (Å²) in [6.45, 7) is 0. The quantitative estimate of drug-likeness (QED) is 0.880. The van der Waals surface area contributed by atoms with Crippen molar-refractivity contribution < 1.29 is 23.5 Å². The molecule has 0 aliphatic heterocycles. The van der Waals surface area contributed by atoms with Crippen LogP contribution in [0, 0.1) is 5.82 Å². The Hall–Kier alpha value is -2.93. The Balaban J connectivity index is 2.16. The number of amides is 2. The third-order valence-electron chi connectivity index (χ3n) is 3.23. The average Bonchev–Trinajstić information content (AvgIpc) is 2.59. The van der Waals surface area contributed by atoms with Gasteiger partial charge in [-0.3, -0.25) is 10.1 Å². The van der Waals surface area contributed by atoms with E-state index in [4.69, 9.17) is 4.74 Å². The first kappa shape index (κ1) is 17.4. The van der Waals surface area contributed by atoms with Crippen molar-refractivity contribution >= 4 is 23.4 Å². The van der Waals surface area contributed by atoms with E-state index in [0.29, 0.717) is 11.3 Å². The zero-order valence-corrected chi connectivity index (χ0v) is 13.2. The fourth-order valence-electron chi connectivity index (χ4n) is 2.09. The predicted octanol–water partition coefficient (Wildman–Crippen LogP) is 3.33. The van der Waals surface area contributed by atoms with Gasteiger partial charge < -0.3 is 14.8 Å². The number of benzene rings is 2. The Morgan fingerprint density at radius 2 is 1.75 bits per heavy atom. The smallest absolute Gasteiger partial charge is 0.411 e. The van der Waals surface area contributed by atoms with Gasteiger partial charge in [0.05, 0.1) is 12.8 Å². The molecule has 126 valence electrons. The number of hydrogen-bond acceptors (Lipinski definition) is 4. The van der Waals surface area contributed by atoms with Gasteiger partial charge in [0.1, 0.15) is 5.82 Å². The van der Waals surface area contributed by atoms with Crippen LogP contribution in [0.1, 0.15) is 11.7 Å². The highest BCUT2D eigenvalue weighted by Crippen LogP contribution is 2.23. The zero-order chi connectivity index (χ0) is 17.5. The summed E-state index contributed by atoms with van der Waals surface area (Å²) in [6, 6.07) is 12.8. The molecular weight excluding hydrogens is 315 g/mol. The molecule has 0 heterocycles. The Morgan fingerprint density at radius 3 is 2.38 bits per heavy atom. The Kier molecular flexibility index (Phi) is 5.86. The van der Waals surface area contributed by atoms with Gasteiger partial charge in [0, 0.05) is 12.8 Å². The van der Waals surface area contributed by atoms with Crippen LogP contribution in [-0.2, 0) is 14.3 Å². The molecule has 2 aromatic rings. The van der Waals surface area contributed by atoms with Gasteiger partial charge in [-0.2, -0.15) is 0 Å². The first-order chi connectivity index (χ1) is 11.5. The highest BCUT2D eigenvalue weighted by Gasteiger charge is 2.20. The Bertz CT molecular complexity index is 722. The van der Waals surface area contributed by atoms with Gasteiger partial charge in [-0.05, 0) is 23.8 Å². The van der Waals surface area contributed by atoms with Crippen LogP contribution in [-0.4, -0.2) is 26.2 Å². The average molecular weight is 332 g/mol.